The molecule has 9 nitrogen and oxygen atoms in total. The van der Waals surface area contributed by atoms with Gasteiger partial charge in [-0.05, 0) is 24.3 Å². The monoisotopic (exact) mass is 399 g/mol. The first-order valence-corrected chi connectivity index (χ1v) is 10.4. The van der Waals surface area contributed by atoms with E-state index < -0.39 is 21.9 Å². The lowest BCUT2D eigenvalue weighted by molar-refractivity contribution is -0.116. The van der Waals surface area contributed by atoms with Gasteiger partial charge in [0.2, 0.25) is 15.9 Å². The smallest absolute Gasteiger partial charge is 0.337 e. The molecule has 1 fully saturated rings. The van der Waals surface area contributed by atoms with Gasteiger partial charge in [-0.25, -0.2) is 13.2 Å². The van der Waals surface area contributed by atoms with Crippen molar-refractivity contribution < 1.29 is 27.5 Å². The van der Waals surface area contributed by atoms with Crippen LogP contribution in [0, 0.1) is 0 Å². The molecular weight excluding hydrogens is 374 g/mol. The number of carbonyl (C=O) groups excluding carboxylic acids is 2. The maximum absolute atomic E-state index is 12.3. The van der Waals surface area contributed by atoms with Crippen molar-refractivity contribution in [1.82, 2.24) is 9.21 Å². The molecule has 1 aromatic carbocycles. The van der Waals surface area contributed by atoms with Crippen LogP contribution in [0.5, 0.6) is 0 Å². The average molecular weight is 399 g/mol. The number of hydrogen-bond donors (Lipinski definition) is 1. The molecule has 0 radical (unpaired) electrons. The number of methoxy groups -OCH3 is 1. The predicted molar refractivity (Wildman–Crippen MR) is 100 cm³/mol. The minimum Gasteiger partial charge on any atom is -0.465 e. The van der Waals surface area contributed by atoms with Gasteiger partial charge in [0.05, 0.1) is 38.7 Å². The van der Waals surface area contributed by atoms with E-state index in [1.54, 1.807) is 12.1 Å². The number of rotatable bonds is 8. The number of amides is 1. The molecule has 1 amide bonds. The van der Waals surface area contributed by atoms with Crippen molar-refractivity contribution in [2.75, 3.05) is 64.6 Å². The highest BCUT2D eigenvalue weighted by atomic mass is 32.2. The second-order valence-corrected chi connectivity index (χ2v) is 8.15. The highest BCUT2D eigenvalue weighted by molar-refractivity contribution is 7.88. The van der Waals surface area contributed by atoms with E-state index in [2.05, 4.69) is 15.0 Å². The van der Waals surface area contributed by atoms with Crippen LogP contribution in [0.15, 0.2) is 24.3 Å². The van der Waals surface area contributed by atoms with Gasteiger partial charge in [0.1, 0.15) is 0 Å². The van der Waals surface area contributed by atoms with Gasteiger partial charge in [-0.3, -0.25) is 9.69 Å². The zero-order chi connectivity index (χ0) is 19.9. The average Bonchev–Trinajstić information content (AvgIpc) is 2.65. The second kappa shape index (κ2) is 9.79. The lowest BCUT2D eigenvalue weighted by Gasteiger charge is -2.29. The number of nitrogens with one attached hydrogen (secondary N) is 1. The van der Waals surface area contributed by atoms with Gasteiger partial charge < -0.3 is 14.8 Å². The van der Waals surface area contributed by atoms with Crippen LogP contribution in [0.4, 0.5) is 5.69 Å². The molecule has 1 N–H and O–H groups in total. The third kappa shape index (κ3) is 6.90. The fourth-order valence-corrected chi connectivity index (χ4v) is 3.37. The molecule has 0 saturated carbocycles. The van der Waals surface area contributed by atoms with E-state index in [4.69, 9.17) is 4.74 Å². The molecule has 1 saturated heterocycles. The number of anilines is 1. The van der Waals surface area contributed by atoms with Gasteiger partial charge in [-0.15, -0.1) is 0 Å². The topological polar surface area (TPSA) is 105 Å². The summed E-state index contributed by atoms with van der Waals surface area (Å²) in [4.78, 5) is 25.8. The first-order valence-electron chi connectivity index (χ1n) is 8.53. The van der Waals surface area contributed by atoms with E-state index in [-0.39, 0.29) is 13.1 Å². The second-order valence-electron chi connectivity index (χ2n) is 6.17. The van der Waals surface area contributed by atoms with Crippen LogP contribution in [0.3, 0.4) is 0 Å². The highest BCUT2D eigenvalue weighted by Crippen LogP contribution is 2.11. The third-order valence-corrected chi connectivity index (χ3v) is 5.40. The van der Waals surface area contributed by atoms with Gasteiger partial charge in [0.25, 0.3) is 0 Å². The molecule has 0 unspecified atom stereocenters. The highest BCUT2D eigenvalue weighted by Gasteiger charge is 2.22. The maximum atomic E-state index is 12.3. The van der Waals surface area contributed by atoms with E-state index in [0.717, 1.165) is 23.7 Å². The molecule has 1 aliphatic heterocycles. The molecule has 0 aromatic heterocycles. The molecule has 1 heterocycles. The lowest BCUT2D eigenvalue weighted by Crippen LogP contribution is -2.45. The summed E-state index contributed by atoms with van der Waals surface area (Å²) in [6.07, 6.45) is 1.09. The van der Waals surface area contributed by atoms with Gasteiger partial charge in [-0.1, -0.05) is 0 Å². The SMILES string of the molecule is COC(=O)c1ccc(NC(=O)CN(CCN2CCOCC2)S(C)(=O)=O)cc1. The Morgan fingerprint density at radius 1 is 1.22 bits per heavy atom. The summed E-state index contributed by atoms with van der Waals surface area (Å²) in [5.74, 6) is -0.924. The van der Waals surface area contributed by atoms with Crippen LogP contribution in [-0.2, 0) is 24.3 Å². The number of esters is 1. The summed E-state index contributed by atoms with van der Waals surface area (Å²) < 4.78 is 35.0. The Bertz CT molecular complexity index is 744. The Labute approximate surface area is 159 Å². The van der Waals surface area contributed by atoms with Crippen molar-refractivity contribution in [2.24, 2.45) is 0 Å². The molecule has 0 bridgehead atoms. The lowest BCUT2D eigenvalue weighted by atomic mass is 10.2. The van der Waals surface area contributed by atoms with Crippen LogP contribution in [0.2, 0.25) is 0 Å². The van der Waals surface area contributed by atoms with E-state index in [0.29, 0.717) is 31.0 Å². The minimum absolute atomic E-state index is 0.230. The number of benzene rings is 1. The number of hydrogen-bond acceptors (Lipinski definition) is 7. The number of ether oxygens (including phenoxy) is 2. The maximum Gasteiger partial charge on any atom is 0.337 e. The first-order chi connectivity index (χ1) is 12.8. The Hall–Kier alpha value is -2.01. The Balaban J connectivity index is 1.91. The Morgan fingerprint density at radius 3 is 2.41 bits per heavy atom. The molecule has 1 aliphatic rings. The van der Waals surface area contributed by atoms with Crippen LogP contribution in [0.1, 0.15) is 10.4 Å². The number of sulfonamides is 1. The summed E-state index contributed by atoms with van der Waals surface area (Å²) in [6, 6.07) is 6.16. The molecule has 10 heteroatoms. The zero-order valence-corrected chi connectivity index (χ0v) is 16.3. The summed E-state index contributed by atoms with van der Waals surface area (Å²) in [5.41, 5.74) is 0.827. The zero-order valence-electron chi connectivity index (χ0n) is 15.5. The third-order valence-electron chi connectivity index (χ3n) is 4.15. The van der Waals surface area contributed by atoms with Crippen LogP contribution < -0.4 is 5.32 Å². The number of morpholine rings is 1. The number of carbonyl (C=O) groups is 2. The van der Waals surface area contributed by atoms with E-state index in [1.807, 2.05) is 0 Å². The molecule has 150 valence electrons. The van der Waals surface area contributed by atoms with Crippen LogP contribution >= 0.6 is 0 Å². The molecule has 0 spiro atoms. The fourth-order valence-electron chi connectivity index (χ4n) is 2.61. The molecular formula is C17H25N3O6S. The Morgan fingerprint density at radius 2 is 1.85 bits per heavy atom. The fraction of sp³-hybridized carbons (Fsp3) is 0.529. The van der Waals surface area contributed by atoms with Crippen molar-refractivity contribution in [3.8, 4) is 0 Å². The van der Waals surface area contributed by atoms with Crippen molar-refractivity contribution in [2.45, 2.75) is 0 Å². The summed E-state index contributed by atoms with van der Waals surface area (Å²) >= 11 is 0. The van der Waals surface area contributed by atoms with Crippen molar-refractivity contribution in [3.63, 3.8) is 0 Å². The van der Waals surface area contributed by atoms with Crippen molar-refractivity contribution in [1.29, 1.82) is 0 Å². The van der Waals surface area contributed by atoms with Gasteiger partial charge in [-0.2, -0.15) is 4.31 Å². The molecule has 2 rings (SSSR count). The molecule has 0 atom stereocenters. The number of nitrogens with zero attached hydrogens (tertiary/aromatic N) is 2. The minimum atomic E-state index is -3.52. The molecule has 27 heavy (non-hydrogen) atoms. The normalized spacial score (nSPS) is 15.5. The van der Waals surface area contributed by atoms with E-state index >= 15 is 0 Å². The van der Waals surface area contributed by atoms with E-state index in [9.17, 15) is 18.0 Å². The summed E-state index contributed by atoms with van der Waals surface area (Å²) in [5, 5.41) is 2.64. The molecule has 1 aromatic rings. The van der Waals surface area contributed by atoms with Gasteiger partial charge in [0, 0.05) is 31.9 Å². The summed E-state index contributed by atoms with van der Waals surface area (Å²) in [7, 11) is -2.23. The predicted octanol–water partition coefficient (Wildman–Crippen LogP) is 0.00550. The largest absolute Gasteiger partial charge is 0.465 e. The van der Waals surface area contributed by atoms with Crippen molar-refractivity contribution in [3.05, 3.63) is 29.8 Å². The molecule has 0 aliphatic carbocycles. The first kappa shape index (κ1) is 21.3. The Kier molecular flexibility index (Phi) is 7.72. The standard InChI is InChI=1S/C17H25N3O6S/c1-25-17(22)14-3-5-15(6-4-14)18-16(21)13-20(27(2,23)24)8-7-19-9-11-26-12-10-19/h3-6H,7-13H2,1-2H3,(H,18,21). The summed E-state index contributed by atoms with van der Waals surface area (Å²) in [6.45, 7) is 3.24. The van der Waals surface area contributed by atoms with Crippen LogP contribution in [0.25, 0.3) is 0 Å². The van der Waals surface area contributed by atoms with Crippen molar-refractivity contribution >= 4 is 27.6 Å². The van der Waals surface area contributed by atoms with E-state index in [1.165, 1.54) is 19.2 Å². The van der Waals surface area contributed by atoms with Gasteiger partial charge >= 0.3 is 5.97 Å². The van der Waals surface area contributed by atoms with Gasteiger partial charge in [0.15, 0.2) is 0 Å². The van der Waals surface area contributed by atoms with Crippen LogP contribution in [-0.4, -0.2) is 88.8 Å². The quantitative estimate of drug-likeness (QED) is 0.614.